The van der Waals surface area contributed by atoms with Gasteiger partial charge in [-0.05, 0) is 125 Å². The normalized spacial score (nSPS) is 24.0. The summed E-state index contributed by atoms with van der Waals surface area (Å²) in [5, 5.41) is 10.3. The Morgan fingerprint density at radius 2 is 1.10 bits per heavy atom. The molecule has 8 aromatic rings. The molecule has 4 bridgehead atoms. The maximum atomic E-state index is 13.6. The summed E-state index contributed by atoms with van der Waals surface area (Å²) in [6, 6.07) is 21.3. The molecule has 3 unspecified atom stereocenters. The lowest BCUT2D eigenvalue weighted by Crippen LogP contribution is -2.31. The standard InChI is InChI=1S/C27H30N4O2S.C27H28N4O2S.2CH4/c2*1-26(2)20-10-11-27(26,3)24(13-20)18-12-22-23(19-15-29-30(4)16-19)17-31(25(22)28-14-18)34(32,33)21-8-6-5-7-9-21;;/h5-9,12,14-17,20,24H,10-11,13H2,1-4H3;5-9,12-17,20H,10-11H2,1-4H3;2*1H4/t20?,24?,27-;20?,27-;;/m00../s1. The van der Waals surface area contributed by atoms with Crippen LogP contribution in [0, 0.1) is 33.5 Å². The quantitative estimate of drug-likeness (QED) is 0.147. The summed E-state index contributed by atoms with van der Waals surface area (Å²) in [7, 11) is -3.87. The van der Waals surface area contributed by atoms with Crippen molar-refractivity contribution in [2.75, 3.05) is 0 Å². The van der Waals surface area contributed by atoms with E-state index in [9.17, 15) is 16.8 Å². The second-order valence-corrected chi connectivity index (χ2v) is 24.9. The highest BCUT2D eigenvalue weighted by Gasteiger charge is 2.61. The molecule has 70 heavy (non-hydrogen) atoms. The van der Waals surface area contributed by atoms with Crippen LogP contribution >= 0.6 is 0 Å². The van der Waals surface area contributed by atoms with Gasteiger partial charge in [-0.15, -0.1) is 0 Å². The third kappa shape index (κ3) is 7.09. The molecule has 0 N–H and O–H groups in total. The minimum atomic E-state index is -3.80. The molecule has 5 atom stereocenters. The number of allylic oxidation sites excluding steroid dienone is 2. The zero-order valence-electron chi connectivity index (χ0n) is 39.9. The molecule has 12 rings (SSSR count). The summed E-state index contributed by atoms with van der Waals surface area (Å²) in [4.78, 5) is 10.0. The van der Waals surface area contributed by atoms with Crippen molar-refractivity contribution in [1.29, 1.82) is 0 Å². The van der Waals surface area contributed by atoms with E-state index >= 15 is 0 Å². The van der Waals surface area contributed by atoms with Crippen molar-refractivity contribution in [3.05, 3.63) is 140 Å². The Kier molecular flexibility index (Phi) is 11.7. The summed E-state index contributed by atoms with van der Waals surface area (Å²) < 4.78 is 60.4. The van der Waals surface area contributed by atoms with Crippen LogP contribution in [0.15, 0.2) is 138 Å². The number of rotatable bonds is 8. The smallest absolute Gasteiger partial charge is 0.269 e. The SMILES string of the molecule is C.C.Cn1cc(-c2cn(S(=O)(=O)c3ccccc3)c3ncc(C4=CC5CC[C@]4(C)C5(C)C)cc23)cn1.Cn1cc(-c2cn(S(=O)(=O)c3ccccc3)c3ncc(C4CC5CC[C@]4(C)C5(C)C)cc23)cn1. The van der Waals surface area contributed by atoms with Gasteiger partial charge in [0, 0.05) is 84.3 Å². The van der Waals surface area contributed by atoms with Crippen LogP contribution in [-0.4, -0.2) is 54.3 Å². The van der Waals surface area contributed by atoms with Crippen LogP contribution in [0.1, 0.15) is 106 Å². The summed E-state index contributed by atoms with van der Waals surface area (Å²) in [6.45, 7) is 14.4. The van der Waals surface area contributed by atoms with E-state index in [1.807, 2.05) is 51.0 Å². The average Bonchev–Trinajstić information content (AvgIpc) is 4.21. The van der Waals surface area contributed by atoms with Crippen molar-refractivity contribution >= 4 is 47.7 Å². The fraction of sp³-hybridized carbons (Fsp3) is 0.393. The van der Waals surface area contributed by atoms with Gasteiger partial charge in [0.1, 0.15) is 0 Å². The van der Waals surface area contributed by atoms with Gasteiger partial charge in [-0.25, -0.2) is 34.7 Å². The monoisotopic (exact) mass is 978 g/mol. The first-order valence-electron chi connectivity index (χ1n) is 23.6. The Morgan fingerprint density at radius 3 is 1.53 bits per heavy atom. The lowest BCUT2D eigenvalue weighted by Gasteiger charge is -2.39. The van der Waals surface area contributed by atoms with Gasteiger partial charge in [-0.1, -0.05) is 98.9 Å². The number of hydrogen-bond acceptors (Lipinski definition) is 8. The van der Waals surface area contributed by atoms with Crippen molar-refractivity contribution in [3.8, 4) is 22.3 Å². The molecule has 0 spiro atoms. The first kappa shape index (κ1) is 48.9. The first-order valence-corrected chi connectivity index (χ1v) is 26.5. The maximum absolute atomic E-state index is 13.6. The Bertz CT molecular complexity index is 3560. The topological polar surface area (TPSA) is 140 Å². The van der Waals surface area contributed by atoms with Gasteiger partial charge < -0.3 is 0 Å². The minimum absolute atomic E-state index is 0. The van der Waals surface area contributed by atoms with Crippen LogP contribution in [0.5, 0.6) is 0 Å². The molecule has 6 heterocycles. The van der Waals surface area contributed by atoms with E-state index < -0.39 is 20.0 Å². The lowest BCUT2D eigenvalue weighted by molar-refractivity contribution is 0.134. The molecular formula is C56H66N8O4S2. The summed E-state index contributed by atoms with van der Waals surface area (Å²) in [5.41, 5.74) is 8.70. The Morgan fingerprint density at radius 1 is 0.586 bits per heavy atom. The van der Waals surface area contributed by atoms with Crippen LogP contribution in [0.3, 0.4) is 0 Å². The Hall–Kier alpha value is -6.12. The van der Waals surface area contributed by atoms with E-state index in [0.29, 0.717) is 28.5 Å². The molecule has 4 aliphatic rings. The molecule has 6 aromatic heterocycles. The highest BCUT2D eigenvalue weighted by atomic mass is 32.2. The summed E-state index contributed by atoms with van der Waals surface area (Å²) in [5.74, 6) is 1.71. The van der Waals surface area contributed by atoms with E-state index in [1.165, 1.54) is 44.8 Å². The van der Waals surface area contributed by atoms with Crippen molar-refractivity contribution < 1.29 is 16.8 Å². The molecule has 3 saturated carbocycles. The number of benzene rings is 2. The lowest BCUT2D eigenvalue weighted by atomic mass is 9.65. The van der Waals surface area contributed by atoms with Crippen LogP contribution < -0.4 is 0 Å². The van der Waals surface area contributed by atoms with Gasteiger partial charge in [0.2, 0.25) is 0 Å². The van der Waals surface area contributed by atoms with E-state index in [0.717, 1.165) is 50.9 Å². The number of hydrogen-bond donors (Lipinski definition) is 0. The van der Waals surface area contributed by atoms with Gasteiger partial charge in [0.05, 0.1) is 22.2 Å². The minimum Gasteiger partial charge on any atom is -0.275 e. The molecule has 0 radical (unpaired) electrons. The number of aryl methyl sites for hydroxylation is 2. The molecular weight excluding hydrogens is 913 g/mol. The molecule has 14 heteroatoms. The van der Waals surface area contributed by atoms with E-state index in [2.05, 4.69) is 69.9 Å². The predicted octanol–water partition coefficient (Wildman–Crippen LogP) is 12.4. The number of nitrogens with zero attached hydrogens (tertiary/aromatic N) is 8. The van der Waals surface area contributed by atoms with Gasteiger partial charge >= 0.3 is 0 Å². The molecule has 3 fully saturated rings. The molecule has 2 aromatic carbocycles. The van der Waals surface area contributed by atoms with Gasteiger partial charge in [-0.3, -0.25) is 9.36 Å². The zero-order chi connectivity index (χ0) is 47.8. The fourth-order valence-corrected chi connectivity index (χ4v) is 15.4. The molecule has 0 saturated heterocycles. The third-order valence-corrected chi connectivity index (χ3v) is 21.0. The van der Waals surface area contributed by atoms with Gasteiger partial charge in [-0.2, -0.15) is 10.2 Å². The second kappa shape index (κ2) is 16.8. The zero-order valence-corrected chi connectivity index (χ0v) is 41.6. The van der Waals surface area contributed by atoms with Crippen molar-refractivity contribution in [2.24, 2.45) is 47.6 Å². The predicted molar refractivity (Wildman–Crippen MR) is 280 cm³/mol. The van der Waals surface area contributed by atoms with Crippen molar-refractivity contribution in [3.63, 3.8) is 0 Å². The average molecular weight is 979 g/mol. The maximum Gasteiger partial charge on any atom is 0.269 e. The molecule has 0 amide bonds. The van der Waals surface area contributed by atoms with Gasteiger partial charge in [0.15, 0.2) is 11.3 Å². The molecule has 12 nitrogen and oxygen atoms in total. The van der Waals surface area contributed by atoms with Gasteiger partial charge in [0.25, 0.3) is 20.0 Å². The number of aromatic nitrogens is 8. The largest absolute Gasteiger partial charge is 0.275 e. The summed E-state index contributed by atoms with van der Waals surface area (Å²) in [6.07, 6.45) is 23.0. The highest BCUT2D eigenvalue weighted by molar-refractivity contribution is 7.90. The Labute approximate surface area is 413 Å². The second-order valence-electron chi connectivity index (χ2n) is 21.3. The first-order chi connectivity index (χ1) is 32.3. The van der Waals surface area contributed by atoms with Crippen LogP contribution in [0.25, 0.3) is 49.9 Å². The number of pyridine rings is 2. The summed E-state index contributed by atoms with van der Waals surface area (Å²) >= 11 is 0. The van der Waals surface area contributed by atoms with Crippen LogP contribution in [0.4, 0.5) is 0 Å². The van der Waals surface area contributed by atoms with Crippen molar-refractivity contribution in [2.45, 2.75) is 104 Å². The van der Waals surface area contributed by atoms with Crippen molar-refractivity contribution in [1.82, 2.24) is 37.5 Å². The molecule has 4 aliphatic carbocycles. The van der Waals surface area contributed by atoms with Crippen LogP contribution in [-0.2, 0) is 34.1 Å². The highest BCUT2D eigenvalue weighted by Crippen LogP contribution is 2.71. The fourth-order valence-electron chi connectivity index (χ4n) is 12.7. The van der Waals surface area contributed by atoms with E-state index in [-0.39, 0.29) is 40.9 Å². The Balaban J connectivity index is 0.000000169. The molecule has 0 aliphatic heterocycles. The third-order valence-electron chi connectivity index (χ3n) is 17.7. The van der Waals surface area contributed by atoms with E-state index in [4.69, 9.17) is 9.97 Å². The van der Waals surface area contributed by atoms with Crippen LogP contribution in [0.2, 0.25) is 0 Å². The number of fused-ring (bicyclic) bond motifs is 6. The van der Waals surface area contributed by atoms with E-state index in [1.54, 1.807) is 82.7 Å². The molecule has 366 valence electrons.